The molecular weight excluding hydrogens is 204 g/mol. The lowest BCUT2D eigenvalue weighted by Crippen LogP contribution is -2.32. The molecule has 0 amide bonds. The smallest absolute Gasteiger partial charge is 0.0897 e. The van der Waals surface area contributed by atoms with Crippen molar-refractivity contribution in [1.29, 1.82) is 0 Å². The highest BCUT2D eigenvalue weighted by Crippen LogP contribution is 2.07. The van der Waals surface area contributed by atoms with E-state index in [2.05, 4.69) is 10.3 Å². The summed E-state index contributed by atoms with van der Waals surface area (Å²) in [7, 11) is 0. The summed E-state index contributed by atoms with van der Waals surface area (Å²) in [6.07, 6.45) is 1.30. The van der Waals surface area contributed by atoms with E-state index < -0.39 is 6.10 Å². The fourth-order valence-electron chi connectivity index (χ4n) is 1.36. The molecule has 0 aliphatic rings. The number of nitrogens with zero attached hydrogens (tertiary/aromatic N) is 1. The minimum Gasteiger partial charge on any atom is -0.389 e. The van der Waals surface area contributed by atoms with E-state index in [1.807, 2.05) is 32.0 Å². The van der Waals surface area contributed by atoms with Gasteiger partial charge in [0.05, 0.1) is 18.4 Å². The van der Waals surface area contributed by atoms with Crippen molar-refractivity contribution in [2.45, 2.75) is 26.0 Å². The molecule has 1 aromatic heterocycles. The van der Waals surface area contributed by atoms with E-state index in [4.69, 9.17) is 4.74 Å². The second-order valence-corrected chi connectivity index (χ2v) is 3.70. The summed E-state index contributed by atoms with van der Waals surface area (Å²) in [5.41, 5.74) is 0.978. The minimum absolute atomic E-state index is 0.137. The molecule has 4 heteroatoms. The first-order valence-corrected chi connectivity index (χ1v) is 5.64. The molecule has 0 saturated heterocycles. The second-order valence-electron chi connectivity index (χ2n) is 3.70. The number of aliphatic hydroxyl groups excluding tert-OH is 1. The van der Waals surface area contributed by atoms with Crippen LogP contribution in [0.4, 0.5) is 0 Å². The lowest BCUT2D eigenvalue weighted by molar-refractivity contribution is 0.0416. The summed E-state index contributed by atoms with van der Waals surface area (Å²) in [4.78, 5) is 4.24. The molecule has 0 radical (unpaired) electrons. The molecular formula is C12H20N2O2. The van der Waals surface area contributed by atoms with Crippen LogP contribution < -0.4 is 5.32 Å². The van der Waals surface area contributed by atoms with Crippen molar-refractivity contribution in [1.82, 2.24) is 10.3 Å². The Morgan fingerprint density at radius 3 is 2.94 bits per heavy atom. The van der Waals surface area contributed by atoms with Gasteiger partial charge in [-0.25, -0.2) is 0 Å². The molecule has 16 heavy (non-hydrogen) atoms. The average Bonchev–Trinajstić information content (AvgIpc) is 2.34. The number of pyridine rings is 1. The quantitative estimate of drug-likeness (QED) is 0.729. The van der Waals surface area contributed by atoms with Crippen LogP contribution in [0.3, 0.4) is 0 Å². The van der Waals surface area contributed by atoms with Gasteiger partial charge < -0.3 is 15.2 Å². The Labute approximate surface area is 96.7 Å². The minimum atomic E-state index is -0.467. The zero-order chi connectivity index (χ0) is 11.8. The first-order chi connectivity index (χ1) is 7.74. The fourth-order valence-corrected chi connectivity index (χ4v) is 1.36. The number of aliphatic hydroxyl groups is 1. The van der Waals surface area contributed by atoms with Gasteiger partial charge in [0, 0.05) is 25.4 Å². The van der Waals surface area contributed by atoms with E-state index in [1.165, 1.54) is 0 Å². The van der Waals surface area contributed by atoms with Crippen LogP contribution in [0.1, 0.15) is 25.6 Å². The van der Waals surface area contributed by atoms with E-state index in [0.717, 1.165) is 5.69 Å². The van der Waals surface area contributed by atoms with Gasteiger partial charge in [-0.15, -0.1) is 0 Å². The molecule has 2 N–H and O–H groups in total. The van der Waals surface area contributed by atoms with Crippen molar-refractivity contribution in [3.05, 3.63) is 30.1 Å². The van der Waals surface area contributed by atoms with Gasteiger partial charge in [-0.3, -0.25) is 4.98 Å². The van der Waals surface area contributed by atoms with Crippen molar-refractivity contribution in [2.75, 3.05) is 19.8 Å². The van der Waals surface area contributed by atoms with Crippen LogP contribution in [0.25, 0.3) is 0 Å². The maximum absolute atomic E-state index is 9.57. The lowest BCUT2D eigenvalue weighted by Gasteiger charge is -2.16. The summed E-state index contributed by atoms with van der Waals surface area (Å²) < 4.78 is 5.13. The molecule has 0 aliphatic heterocycles. The molecule has 0 bridgehead atoms. The highest BCUT2D eigenvalue weighted by molar-refractivity contribution is 5.07. The van der Waals surface area contributed by atoms with Crippen molar-refractivity contribution >= 4 is 0 Å². The average molecular weight is 224 g/mol. The highest BCUT2D eigenvalue weighted by Gasteiger charge is 2.08. The molecule has 1 heterocycles. The summed E-state index contributed by atoms with van der Waals surface area (Å²) in [5.74, 6) is 0. The van der Waals surface area contributed by atoms with Crippen molar-refractivity contribution in [3.63, 3.8) is 0 Å². The van der Waals surface area contributed by atoms with Crippen LogP contribution in [-0.4, -0.2) is 36.0 Å². The summed E-state index contributed by atoms with van der Waals surface area (Å²) in [6, 6.07) is 5.95. The topological polar surface area (TPSA) is 54.4 Å². The molecule has 0 fully saturated rings. The summed E-state index contributed by atoms with van der Waals surface area (Å²) in [6.45, 7) is 5.45. The number of hydrogen-bond acceptors (Lipinski definition) is 4. The normalized spacial score (nSPS) is 14.7. The van der Waals surface area contributed by atoms with Gasteiger partial charge in [-0.1, -0.05) is 6.07 Å². The van der Waals surface area contributed by atoms with E-state index in [9.17, 15) is 5.11 Å². The molecule has 1 aromatic rings. The van der Waals surface area contributed by atoms with Crippen LogP contribution in [0.5, 0.6) is 0 Å². The fraction of sp³-hybridized carbons (Fsp3) is 0.583. The van der Waals surface area contributed by atoms with Gasteiger partial charge in [0.15, 0.2) is 0 Å². The zero-order valence-corrected chi connectivity index (χ0v) is 9.89. The number of aromatic nitrogens is 1. The maximum atomic E-state index is 9.57. The Bertz CT molecular complexity index is 280. The van der Waals surface area contributed by atoms with Gasteiger partial charge in [0.1, 0.15) is 0 Å². The predicted octanol–water partition coefficient (Wildman–Crippen LogP) is 1.13. The van der Waals surface area contributed by atoms with Crippen LogP contribution in [-0.2, 0) is 4.74 Å². The Morgan fingerprint density at radius 2 is 2.31 bits per heavy atom. The monoisotopic (exact) mass is 224 g/mol. The van der Waals surface area contributed by atoms with Gasteiger partial charge in [-0.05, 0) is 26.0 Å². The molecule has 0 spiro atoms. The van der Waals surface area contributed by atoms with Crippen molar-refractivity contribution in [2.24, 2.45) is 0 Å². The molecule has 1 rings (SSSR count). The third-order valence-electron chi connectivity index (χ3n) is 2.31. The van der Waals surface area contributed by atoms with Gasteiger partial charge >= 0.3 is 0 Å². The lowest BCUT2D eigenvalue weighted by atomic mass is 10.2. The molecule has 0 saturated carbocycles. The summed E-state index contributed by atoms with van der Waals surface area (Å²) >= 11 is 0. The van der Waals surface area contributed by atoms with Gasteiger partial charge in [-0.2, -0.15) is 0 Å². The van der Waals surface area contributed by atoms with Gasteiger partial charge in [0.25, 0.3) is 0 Å². The first-order valence-electron chi connectivity index (χ1n) is 5.64. The van der Waals surface area contributed by atoms with Crippen LogP contribution in [0, 0.1) is 0 Å². The second kappa shape index (κ2) is 7.33. The number of rotatable bonds is 7. The molecule has 90 valence electrons. The Morgan fingerprint density at radius 1 is 1.50 bits per heavy atom. The third-order valence-corrected chi connectivity index (χ3v) is 2.31. The molecule has 2 atom stereocenters. The van der Waals surface area contributed by atoms with E-state index in [0.29, 0.717) is 19.8 Å². The maximum Gasteiger partial charge on any atom is 0.0897 e. The standard InChI is InChI=1S/C12H20N2O2/c1-3-16-9-11(15)8-14-10(2)12-6-4-5-7-13-12/h4-7,10-11,14-15H,3,8-9H2,1-2H3/t10-,11?/m0/s1. The predicted molar refractivity (Wildman–Crippen MR) is 63.2 cm³/mol. The van der Waals surface area contributed by atoms with E-state index in [-0.39, 0.29) is 6.04 Å². The molecule has 0 aliphatic carbocycles. The number of nitrogens with one attached hydrogen (secondary N) is 1. The Hall–Kier alpha value is -0.970. The zero-order valence-electron chi connectivity index (χ0n) is 9.89. The highest BCUT2D eigenvalue weighted by atomic mass is 16.5. The van der Waals surface area contributed by atoms with Crippen LogP contribution in [0.2, 0.25) is 0 Å². The first kappa shape index (κ1) is 13.1. The largest absolute Gasteiger partial charge is 0.389 e. The number of ether oxygens (including phenoxy) is 1. The third kappa shape index (κ3) is 4.70. The van der Waals surface area contributed by atoms with Crippen molar-refractivity contribution < 1.29 is 9.84 Å². The van der Waals surface area contributed by atoms with E-state index in [1.54, 1.807) is 6.20 Å². The SMILES string of the molecule is CCOCC(O)CN[C@@H](C)c1ccccn1. The Balaban J connectivity index is 2.27. The Kier molecular flexibility index (Phi) is 6.00. The van der Waals surface area contributed by atoms with E-state index >= 15 is 0 Å². The van der Waals surface area contributed by atoms with Gasteiger partial charge in [0.2, 0.25) is 0 Å². The summed E-state index contributed by atoms with van der Waals surface area (Å²) in [5, 5.41) is 12.8. The van der Waals surface area contributed by atoms with Crippen molar-refractivity contribution in [3.8, 4) is 0 Å². The number of hydrogen-bond donors (Lipinski definition) is 2. The van der Waals surface area contributed by atoms with Crippen LogP contribution >= 0.6 is 0 Å². The van der Waals surface area contributed by atoms with Crippen LogP contribution in [0.15, 0.2) is 24.4 Å². The molecule has 0 aromatic carbocycles. The molecule has 4 nitrogen and oxygen atoms in total. The molecule has 1 unspecified atom stereocenters.